The van der Waals surface area contributed by atoms with E-state index in [0.29, 0.717) is 0 Å². The maximum atomic E-state index is 9.36. The highest BCUT2D eigenvalue weighted by molar-refractivity contribution is 7.08. The summed E-state index contributed by atoms with van der Waals surface area (Å²) in [6, 6.07) is 29.9. The van der Waals surface area contributed by atoms with Crippen molar-refractivity contribution in [1.29, 1.82) is 5.26 Å². The van der Waals surface area contributed by atoms with Crippen molar-refractivity contribution in [3.8, 4) is 6.07 Å². The van der Waals surface area contributed by atoms with Crippen LogP contribution in [0.3, 0.4) is 0 Å². The van der Waals surface area contributed by atoms with E-state index in [4.69, 9.17) is 0 Å². The number of nitriles is 1. The van der Waals surface area contributed by atoms with Crippen molar-refractivity contribution < 1.29 is 0 Å². The van der Waals surface area contributed by atoms with Gasteiger partial charge in [0.2, 0.25) is 0 Å². The molecule has 2 heteroatoms. The molecule has 0 atom stereocenters. The van der Waals surface area contributed by atoms with E-state index < -0.39 is 8.07 Å². The average Bonchev–Trinajstić information content (AvgIpc) is 2.90. The van der Waals surface area contributed by atoms with E-state index in [-0.39, 0.29) is 0 Å². The third-order valence-corrected chi connectivity index (χ3v) is 8.64. The molecule has 1 heterocycles. The standard InChI is InChI=1S/C23H19NSi/c1-25(2)21-15-17(16-24)13-14-20(21)22(18-9-5-3-6-10-18)23(25)19-11-7-4-8-12-19/h3-15H,1-2H3. The van der Waals surface area contributed by atoms with Gasteiger partial charge in [0, 0.05) is 0 Å². The second-order valence-electron chi connectivity index (χ2n) is 6.98. The summed E-state index contributed by atoms with van der Waals surface area (Å²) in [5, 5.41) is 12.2. The molecule has 3 aromatic rings. The molecule has 120 valence electrons. The molecule has 0 fully saturated rings. The average molecular weight is 337 g/mol. The molecular weight excluding hydrogens is 318 g/mol. The number of hydrogen-bond donors (Lipinski definition) is 0. The van der Waals surface area contributed by atoms with E-state index >= 15 is 0 Å². The van der Waals surface area contributed by atoms with Crippen molar-refractivity contribution in [2.45, 2.75) is 13.1 Å². The van der Waals surface area contributed by atoms with Gasteiger partial charge >= 0.3 is 0 Å². The lowest BCUT2D eigenvalue weighted by Gasteiger charge is -2.23. The number of rotatable bonds is 2. The van der Waals surface area contributed by atoms with E-state index in [9.17, 15) is 5.26 Å². The predicted molar refractivity (Wildman–Crippen MR) is 107 cm³/mol. The Morgan fingerprint density at radius 1 is 0.760 bits per heavy atom. The van der Waals surface area contributed by atoms with Crippen LogP contribution in [0, 0.1) is 11.3 Å². The maximum absolute atomic E-state index is 9.36. The van der Waals surface area contributed by atoms with Crippen LogP contribution >= 0.6 is 0 Å². The summed E-state index contributed by atoms with van der Waals surface area (Å²) in [6.45, 7) is 4.79. The zero-order valence-electron chi connectivity index (χ0n) is 14.5. The fourth-order valence-electron chi connectivity index (χ4n) is 3.95. The summed E-state index contributed by atoms with van der Waals surface area (Å²) in [5.74, 6) is 0. The molecule has 0 N–H and O–H groups in total. The second-order valence-corrected chi connectivity index (χ2v) is 11.3. The maximum Gasteiger partial charge on any atom is 0.114 e. The first kappa shape index (κ1) is 15.6. The monoisotopic (exact) mass is 337 g/mol. The van der Waals surface area contributed by atoms with Crippen molar-refractivity contribution in [2.24, 2.45) is 0 Å². The Labute approximate surface area is 149 Å². The minimum atomic E-state index is -1.90. The Kier molecular flexibility index (Phi) is 3.67. The lowest BCUT2D eigenvalue weighted by Crippen LogP contribution is -2.41. The topological polar surface area (TPSA) is 23.8 Å². The van der Waals surface area contributed by atoms with E-state index in [1.165, 1.54) is 32.6 Å². The molecule has 3 aromatic carbocycles. The van der Waals surface area contributed by atoms with E-state index in [1.54, 1.807) is 0 Å². The van der Waals surface area contributed by atoms with Gasteiger partial charge in [0.05, 0.1) is 11.6 Å². The lowest BCUT2D eigenvalue weighted by atomic mass is 9.95. The van der Waals surface area contributed by atoms with Gasteiger partial charge in [-0.25, -0.2) is 0 Å². The van der Waals surface area contributed by atoms with Gasteiger partial charge in [0.15, 0.2) is 0 Å². The van der Waals surface area contributed by atoms with Crippen LogP contribution in [0.2, 0.25) is 13.1 Å². The van der Waals surface area contributed by atoms with Crippen LogP contribution in [0.15, 0.2) is 78.9 Å². The van der Waals surface area contributed by atoms with Crippen LogP contribution < -0.4 is 5.19 Å². The summed E-state index contributed by atoms with van der Waals surface area (Å²) in [6.07, 6.45) is 0. The van der Waals surface area contributed by atoms with Gasteiger partial charge in [-0.2, -0.15) is 5.26 Å². The molecule has 4 rings (SSSR count). The summed E-state index contributed by atoms with van der Waals surface area (Å²) in [7, 11) is -1.90. The Balaban J connectivity index is 2.07. The van der Waals surface area contributed by atoms with Crippen LogP contribution in [0.25, 0.3) is 10.8 Å². The number of hydrogen-bond acceptors (Lipinski definition) is 1. The first-order chi connectivity index (χ1) is 12.1. The first-order valence-corrected chi connectivity index (χ1v) is 11.5. The van der Waals surface area contributed by atoms with Crippen LogP contribution in [0.4, 0.5) is 0 Å². The summed E-state index contributed by atoms with van der Waals surface area (Å²) in [5.41, 5.74) is 5.93. The number of fused-ring (bicyclic) bond motifs is 1. The van der Waals surface area contributed by atoms with Crippen molar-refractivity contribution in [3.05, 3.63) is 101 Å². The molecule has 0 bridgehead atoms. The van der Waals surface area contributed by atoms with Crippen molar-refractivity contribution in [3.63, 3.8) is 0 Å². The Morgan fingerprint density at radius 3 is 1.96 bits per heavy atom. The molecule has 0 saturated carbocycles. The molecule has 0 spiro atoms. The minimum Gasteiger partial charge on any atom is -0.192 e. The summed E-state index contributed by atoms with van der Waals surface area (Å²) in [4.78, 5) is 0. The van der Waals surface area contributed by atoms with Gasteiger partial charge < -0.3 is 0 Å². The van der Waals surface area contributed by atoms with E-state index in [2.05, 4.69) is 92.0 Å². The molecule has 25 heavy (non-hydrogen) atoms. The van der Waals surface area contributed by atoms with Gasteiger partial charge in [0.1, 0.15) is 8.07 Å². The normalized spacial score (nSPS) is 14.9. The predicted octanol–water partition coefficient (Wildman–Crippen LogP) is 4.99. The Bertz CT molecular complexity index is 1010. The first-order valence-electron chi connectivity index (χ1n) is 8.53. The number of benzene rings is 3. The zero-order valence-corrected chi connectivity index (χ0v) is 15.5. The molecule has 0 aromatic heterocycles. The van der Waals surface area contributed by atoms with Gasteiger partial charge in [-0.3, -0.25) is 0 Å². The Hall–Kier alpha value is -2.89. The smallest absolute Gasteiger partial charge is 0.114 e. The molecule has 1 nitrogen and oxygen atoms in total. The van der Waals surface area contributed by atoms with Gasteiger partial charge in [-0.15, -0.1) is 0 Å². The molecule has 0 saturated heterocycles. The zero-order chi connectivity index (χ0) is 17.4. The highest BCUT2D eigenvalue weighted by atomic mass is 28.3. The molecule has 0 radical (unpaired) electrons. The molecular formula is C23H19NSi. The van der Waals surface area contributed by atoms with Crippen molar-refractivity contribution in [1.82, 2.24) is 0 Å². The quantitative estimate of drug-likeness (QED) is 0.605. The van der Waals surface area contributed by atoms with Gasteiger partial charge in [-0.1, -0.05) is 79.8 Å². The lowest BCUT2D eigenvalue weighted by molar-refractivity contribution is 1.48. The highest BCUT2D eigenvalue weighted by Gasteiger charge is 2.40. The Morgan fingerprint density at radius 2 is 1.36 bits per heavy atom. The third-order valence-electron chi connectivity index (χ3n) is 5.09. The van der Waals surface area contributed by atoms with Crippen LogP contribution in [-0.4, -0.2) is 8.07 Å². The summed E-state index contributed by atoms with van der Waals surface area (Å²) < 4.78 is 0. The van der Waals surface area contributed by atoms with Crippen molar-refractivity contribution in [2.75, 3.05) is 0 Å². The van der Waals surface area contributed by atoms with Gasteiger partial charge in [-0.05, 0) is 44.8 Å². The minimum absolute atomic E-state index is 0.751. The SMILES string of the molecule is C[Si]1(C)C(c2ccccc2)=C(c2ccccc2)c2ccc(C#N)cc21. The van der Waals surface area contributed by atoms with Crippen LogP contribution in [-0.2, 0) is 0 Å². The molecule has 1 aliphatic rings. The summed E-state index contributed by atoms with van der Waals surface area (Å²) >= 11 is 0. The molecule has 0 unspecified atom stereocenters. The molecule has 1 aliphatic heterocycles. The molecule has 0 amide bonds. The van der Waals surface area contributed by atoms with Crippen molar-refractivity contribution >= 4 is 24.0 Å². The van der Waals surface area contributed by atoms with Crippen LogP contribution in [0.1, 0.15) is 22.3 Å². The highest BCUT2D eigenvalue weighted by Crippen LogP contribution is 2.43. The largest absolute Gasteiger partial charge is 0.192 e. The third kappa shape index (κ3) is 2.45. The fraction of sp³-hybridized carbons (Fsp3) is 0.0870. The fourth-order valence-corrected chi connectivity index (χ4v) is 7.41. The number of nitrogens with zero attached hydrogens (tertiary/aromatic N) is 1. The van der Waals surface area contributed by atoms with Crippen LogP contribution in [0.5, 0.6) is 0 Å². The van der Waals surface area contributed by atoms with Gasteiger partial charge in [0.25, 0.3) is 0 Å². The molecule has 0 aliphatic carbocycles. The second kappa shape index (κ2) is 5.88. The van der Waals surface area contributed by atoms with E-state index in [1.807, 2.05) is 6.07 Å². The van der Waals surface area contributed by atoms with E-state index in [0.717, 1.165) is 5.56 Å².